The fourth-order valence-corrected chi connectivity index (χ4v) is 2.11. The predicted molar refractivity (Wildman–Crippen MR) is 73.5 cm³/mol. The Kier molecular flexibility index (Phi) is 4.05. The highest BCUT2D eigenvalue weighted by molar-refractivity contribution is 6.07. The summed E-state index contributed by atoms with van der Waals surface area (Å²) in [5, 5.41) is 1.98. The van der Waals surface area contributed by atoms with Crippen LogP contribution in [0.25, 0.3) is 10.8 Å². The van der Waals surface area contributed by atoms with Crippen LogP contribution in [0.5, 0.6) is 0 Å². The molecule has 0 spiro atoms. The number of nitrogens with zero attached hydrogens (tertiary/aromatic N) is 1. The smallest absolute Gasteiger partial charge is 0.165 e. The van der Waals surface area contributed by atoms with Crippen molar-refractivity contribution in [2.75, 3.05) is 6.54 Å². The zero-order valence-corrected chi connectivity index (χ0v) is 10.6. The molecule has 0 aliphatic heterocycles. The number of nitrogens with two attached hydrogens (primary N) is 1. The maximum atomic E-state index is 12.3. The maximum absolute atomic E-state index is 12.3. The van der Waals surface area contributed by atoms with Crippen molar-refractivity contribution in [3.8, 4) is 0 Å². The summed E-state index contributed by atoms with van der Waals surface area (Å²) in [6, 6.07) is 7.83. The zero-order chi connectivity index (χ0) is 13.0. The summed E-state index contributed by atoms with van der Waals surface area (Å²) in [5.74, 6) is 0.396. The molecule has 0 radical (unpaired) electrons. The van der Waals surface area contributed by atoms with Gasteiger partial charge in [0.1, 0.15) is 0 Å². The Bertz CT molecular complexity index is 542. The van der Waals surface area contributed by atoms with Crippen LogP contribution in [0.3, 0.4) is 0 Å². The van der Waals surface area contributed by atoms with E-state index in [9.17, 15) is 4.79 Å². The SMILES string of the molecule is CCC(CN)CC(=O)c1cncc2ccccc12. The molecule has 0 fully saturated rings. The fraction of sp³-hybridized carbons (Fsp3) is 0.333. The van der Waals surface area contributed by atoms with Gasteiger partial charge in [-0.1, -0.05) is 37.6 Å². The van der Waals surface area contributed by atoms with Crippen LogP contribution in [-0.2, 0) is 0 Å². The number of carbonyl (C=O) groups is 1. The average molecular weight is 242 g/mol. The molecule has 18 heavy (non-hydrogen) atoms. The van der Waals surface area contributed by atoms with Crippen molar-refractivity contribution in [1.82, 2.24) is 4.98 Å². The molecule has 2 N–H and O–H groups in total. The van der Waals surface area contributed by atoms with E-state index < -0.39 is 0 Å². The molecule has 0 bridgehead atoms. The second kappa shape index (κ2) is 5.74. The summed E-state index contributed by atoms with van der Waals surface area (Å²) in [5.41, 5.74) is 6.36. The van der Waals surface area contributed by atoms with Crippen molar-refractivity contribution in [2.45, 2.75) is 19.8 Å². The third-order valence-corrected chi connectivity index (χ3v) is 3.35. The lowest BCUT2D eigenvalue weighted by molar-refractivity contribution is 0.0962. The number of Topliss-reactive ketones (excluding diaryl/α,β-unsaturated/α-hetero) is 1. The highest BCUT2D eigenvalue weighted by atomic mass is 16.1. The number of carbonyl (C=O) groups excluding carboxylic acids is 1. The third kappa shape index (κ3) is 2.57. The molecule has 0 aliphatic carbocycles. The number of ketones is 1. The van der Waals surface area contributed by atoms with Gasteiger partial charge >= 0.3 is 0 Å². The number of hydrogen-bond donors (Lipinski definition) is 1. The predicted octanol–water partition coefficient (Wildman–Crippen LogP) is 2.79. The number of fused-ring (bicyclic) bond motifs is 1. The molecule has 3 nitrogen and oxygen atoms in total. The minimum Gasteiger partial charge on any atom is -0.330 e. The molecule has 0 aliphatic rings. The van der Waals surface area contributed by atoms with Crippen LogP contribution in [0.2, 0.25) is 0 Å². The molecule has 2 aromatic rings. The second-order valence-corrected chi connectivity index (χ2v) is 4.55. The Hall–Kier alpha value is -1.74. The van der Waals surface area contributed by atoms with Crippen LogP contribution in [-0.4, -0.2) is 17.3 Å². The van der Waals surface area contributed by atoms with E-state index in [1.165, 1.54) is 0 Å². The van der Waals surface area contributed by atoms with E-state index in [-0.39, 0.29) is 11.7 Å². The van der Waals surface area contributed by atoms with Crippen molar-refractivity contribution >= 4 is 16.6 Å². The number of hydrogen-bond acceptors (Lipinski definition) is 3. The first-order chi connectivity index (χ1) is 8.76. The summed E-state index contributed by atoms with van der Waals surface area (Å²) in [6.45, 7) is 2.62. The van der Waals surface area contributed by atoms with Crippen LogP contribution in [0.1, 0.15) is 30.1 Å². The van der Waals surface area contributed by atoms with Crippen molar-refractivity contribution in [2.24, 2.45) is 11.7 Å². The molecule has 1 aromatic heterocycles. The van der Waals surface area contributed by atoms with E-state index in [2.05, 4.69) is 11.9 Å². The first-order valence-electron chi connectivity index (χ1n) is 6.32. The monoisotopic (exact) mass is 242 g/mol. The maximum Gasteiger partial charge on any atom is 0.165 e. The number of aromatic nitrogens is 1. The van der Waals surface area contributed by atoms with Gasteiger partial charge in [0.15, 0.2) is 5.78 Å². The van der Waals surface area contributed by atoms with Gasteiger partial charge in [-0.15, -0.1) is 0 Å². The molecule has 3 heteroatoms. The first-order valence-corrected chi connectivity index (χ1v) is 6.32. The lowest BCUT2D eigenvalue weighted by Gasteiger charge is -2.11. The molecule has 1 aromatic carbocycles. The minimum atomic E-state index is 0.136. The Morgan fingerprint density at radius 2 is 2.11 bits per heavy atom. The largest absolute Gasteiger partial charge is 0.330 e. The van der Waals surface area contributed by atoms with Crippen LogP contribution >= 0.6 is 0 Å². The summed E-state index contributed by atoms with van der Waals surface area (Å²) in [6.07, 6.45) is 4.88. The van der Waals surface area contributed by atoms with Crippen molar-refractivity contribution in [1.29, 1.82) is 0 Å². The van der Waals surface area contributed by atoms with E-state index >= 15 is 0 Å². The summed E-state index contributed by atoms with van der Waals surface area (Å²) < 4.78 is 0. The molecule has 1 heterocycles. The Labute approximate surface area is 107 Å². The van der Waals surface area contributed by atoms with E-state index in [0.717, 1.165) is 17.2 Å². The van der Waals surface area contributed by atoms with Gasteiger partial charge < -0.3 is 5.73 Å². The molecular weight excluding hydrogens is 224 g/mol. The van der Waals surface area contributed by atoms with E-state index in [4.69, 9.17) is 5.73 Å². The van der Waals surface area contributed by atoms with Crippen LogP contribution in [0.15, 0.2) is 36.7 Å². The van der Waals surface area contributed by atoms with Crippen LogP contribution in [0.4, 0.5) is 0 Å². The van der Waals surface area contributed by atoms with Gasteiger partial charge in [0.2, 0.25) is 0 Å². The van der Waals surface area contributed by atoms with E-state index in [0.29, 0.717) is 18.5 Å². The highest BCUT2D eigenvalue weighted by Crippen LogP contribution is 2.20. The van der Waals surface area contributed by atoms with Crippen LogP contribution in [0, 0.1) is 5.92 Å². The third-order valence-electron chi connectivity index (χ3n) is 3.35. The van der Waals surface area contributed by atoms with Crippen molar-refractivity contribution < 1.29 is 4.79 Å². The fourth-order valence-electron chi connectivity index (χ4n) is 2.11. The van der Waals surface area contributed by atoms with Gasteiger partial charge in [0.25, 0.3) is 0 Å². The molecule has 1 atom stereocenters. The Morgan fingerprint density at radius 3 is 2.83 bits per heavy atom. The Morgan fingerprint density at radius 1 is 1.33 bits per heavy atom. The molecule has 0 saturated heterocycles. The van der Waals surface area contributed by atoms with Gasteiger partial charge in [-0.2, -0.15) is 0 Å². The zero-order valence-electron chi connectivity index (χ0n) is 10.6. The number of benzene rings is 1. The number of pyridine rings is 1. The van der Waals surface area contributed by atoms with Gasteiger partial charge in [0.05, 0.1) is 0 Å². The lowest BCUT2D eigenvalue weighted by atomic mass is 9.95. The summed E-state index contributed by atoms with van der Waals surface area (Å²) >= 11 is 0. The normalized spacial score (nSPS) is 12.6. The highest BCUT2D eigenvalue weighted by Gasteiger charge is 2.15. The molecule has 94 valence electrons. The van der Waals surface area contributed by atoms with Gasteiger partial charge in [-0.25, -0.2) is 0 Å². The average Bonchev–Trinajstić information content (AvgIpc) is 2.43. The molecule has 2 rings (SSSR count). The van der Waals surface area contributed by atoms with Crippen molar-refractivity contribution in [3.05, 3.63) is 42.2 Å². The van der Waals surface area contributed by atoms with Crippen molar-refractivity contribution in [3.63, 3.8) is 0 Å². The Balaban J connectivity index is 2.33. The first kappa shape index (κ1) is 12.7. The lowest BCUT2D eigenvalue weighted by Crippen LogP contribution is -2.17. The number of rotatable bonds is 5. The van der Waals surface area contributed by atoms with Gasteiger partial charge in [-0.05, 0) is 17.8 Å². The summed E-state index contributed by atoms with van der Waals surface area (Å²) in [7, 11) is 0. The van der Waals surface area contributed by atoms with E-state index in [1.807, 2.05) is 24.3 Å². The second-order valence-electron chi connectivity index (χ2n) is 4.55. The van der Waals surface area contributed by atoms with E-state index in [1.54, 1.807) is 12.4 Å². The molecule has 1 unspecified atom stereocenters. The standard InChI is InChI=1S/C15H18N2O/c1-2-11(8-16)7-15(18)14-10-17-9-12-5-3-4-6-13(12)14/h3-6,9-11H,2,7-8,16H2,1H3. The molecular formula is C15H18N2O. The minimum absolute atomic E-state index is 0.136. The molecule has 0 amide bonds. The quantitative estimate of drug-likeness (QED) is 0.820. The van der Waals surface area contributed by atoms with Gasteiger partial charge in [0, 0.05) is 29.8 Å². The molecule has 0 saturated carbocycles. The van der Waals surface area contributed by atoms with Crippen LogP contribution < -0.4 is 5.73 Å². The van der Waals surface area contributed by atoms with Gasteiger partial charge in [-0.3, -0.25) is 9.78 Å². The topological polar surface area (TPSA) is 56.0 Å². The summed E-state index contributed by atoms with van der Waals surface area (Å²) in [4.78, 5) is 16.4.